The summed E-state index contributed by atoms with van der Waals surface area (Å²) < 4.78 is 0. The van der Waals surface area contributed by atoms with Gasteiger partial charge in [-0.15, -0.1) is 0 Å². The Morgan fingerprint density at radius 2 is 1.95 bits per heavy atom. The fourth-order valence-electron chi connectivity index (χ4n) is 2.31. The third-order valence-corrected chi connectivity index (χ3v) is 3.39. The number of benzene rings is 1. The average Bonchev–Trinajstić information content (AvgIpc) is 2.45. The Morgan fingerprint density at radius 1 is 1.15 bits per heavy atom. The van der Waals surface area contributed by atoms with Crippen LogP contribution in [0, 0.1) is 0 Å². The van der Waals surface area contributed by atoms with Gasteiger partial charge in [0.2, 0.25) is 5.91 Å². The van der Waals surface area contributed by atoms with Crippen LogP contribution in [-0.4, -0.2) is 21.7 Å². The van der Waals surface area contributed by atoms with Crippen molar-refractivity contribution in [3.05, 3.63) is 59.3 Å². The third-order valence-electron chi connectivity index (χ3n) is 3.39. The summed E-state index contributed by atoms with van der Waals surface area (Å²) in [6.07, 6.45) is 1.82. The lowest BCUT2D eigenvalue weighted by Crippen LogP contribution is -2.41. The molecular weight excluding hydrogens is 254 g/mol. The predicted molar refractivity (Wildman–Crippen MR) is 73.7 cm³/mol. The summed E-state index contributed by atoms with van der Waals surface area (Å²) in [7, 11) is 0. The van der Waals surface area contributed by atoms with Crippen LogP contribution in [0.2, 0.25) is 0 Å². The molecule has 0 radical (unpaired) electrons. The van der Waals surface area contributed by atoms with Gasteiger partial charge < -0.3 is 5.73 Å². The number of carbonyl (C=O) groups excluding carboxylic acids is 2. The molecule has 0 fully saturated rings. The second-order valence-corrected chi connectivity index (χ2v) is 4.67. The Bertz CT molecular complexity index is 697. The maximum absolute atomic E-state index is 12.4. The molecule has 5 nitrogen and oxygen atoms in total. The van der Waals surface area contributed by atoms with Gasteiger partial charge in [0, 0.05) is 17.3 Å². The molecule has 1 aliphatic rings. The van der Waals surface area contributed by atoms with Gasteiger partial charge in [0.25, 0.3) is 5.91 Å². The van der Waals surface area contributed by atoms with E-state index >= 15 is 0 Å². The Hall–Kier alpha value is -2.69. The van der Waals surface area contributed by atoms with Gasteiger partial charge in [-0.05, 0) is 17.7 Å². The van der Waals surface area contributed by atoms with E-state index in [4.69, 9.17) is 5.73 Å². The molecule has 1 aromatic carbocycles. The van der Waals surface area contributed by atoms with E-state index in [9.17, 15) is 9.59 Å². The Labute approximate surface area is 116 Å². The molecule has 1 aliphatic heterocycles. The van der Waals surface area contributed by atoms with Crippen molar-refractivity contribution in [2.75, 3.05) is 5.73 Å². The zero-order chi connectivity index (χ0) is 14.1. The standard InChI is InChI=1S/C15H13N3O2/c16-14-11(5-3-7-17-14)9-18-13(19)8-10-4-1-2-6-12(10)15(18)20/h1-7H,8-9H2,(H2,16,17). The Balaban J connectivity index is 1.94. The number of hydrogen-bond acceptors (Lipinski definition) is 4. The lowest BCUT2D eigenvalue weighted by molar-refractivity contribution is -0.128. The first-order valence-corrected chi connectivity index (χ1v) is 6.29. The first-order valence-electron chi connectivity index (χ1n) is 6.29. The summed E-state index contributed by atoms with van der Waals surface area (Å²) in [4.78, 5) is 29.7. The molecule has 0 spiro atoms. The molecule has 2 amide bonds. The summed E-state index contributed by atoms with van der Waals surface area (Å²) in [6.45, 7) is 0.158. The van der Waals surface area contributed by atoms with Crippen LogP contribution in [0.25, 0.3) is 0 Å². The zero-order valence-corrected chi connectivity index (χ0v) is 10.7. The molecule has 1 aromatic heterocycles. The number of anilines is 1. The van der Waals surface area contributed by atoms with Crippen molar-refractivity contribution in [2.24, 2.45) is 0 Å². The lowest BCUT2D eigenvalue weighted by atomic mass is 9.98. The molecule has 2 N–H and O–H groups in total. The van der Waals surface area contributed by atoms with Crippen LogP contribution < -0.4 is 5.73 Å². The van der Waals surface area contributed by atoms with E-state index in [1.165, 1.54) is 4.90 Å². The largest absolute Gasteiger partial charge is 0.383 e. The first-order chi connectivity index (χ1) is 9.66. The molecule has 0 aliphatic carbocycles. The van der Waals surface area contributed by atoms with E-state index in [-0.39, 0.29) is 24.8 Å². The van der Waals surface area contributed by atoms with Crippen molar-refractivity contribution in [1.29, 1.82) is 0 Å². The van der Waals surface area contributed by atoms with Crippen molar-refractivity contribution in [3.63, 3.8) is 0 Å². The predicted octanol–water partition coefficient (Wildman–Crippen LogP) is 1.39. The summed E-state index contributed by atoms with van der Waals surface area (Å²) in [5, 5.41) is 0. The normalized spacial score (nSPS) is 14.3. The van der Waals surface area contributed by atoms with Crippen molar-refractivity contribution >= 4 is 17.6 Å². The summed E-state index contributed by atoms with van der Waals surface area (Å²) in [6, 6.07) is 10.7. The molecule has 2 heterocycles. The molecule has 20 heavy (non-hydrogen) atoms. The molecule has 0 saturated carbocycles. The van der Waals surface area contributed by atoms with Crippen LogP contribution in [0.3, 0.4) is 0 Å². The van der Waals surface area contributed by atoms with E-state index in [0.717, 1.165) is 5.56 Å². The number of nitrogens with two attached hydrogens (primary N) is 1. The highest BCUT2D eigenvalue weighted by Crippen LogP contribution is 2.22. The second kappa shape index (κ2) is 4.77. The average molecular weight is 267 g/mol. The summed E-state index contributed by atoms with van der Waals surface area (Å²) >= 11 is 0. The van der Waals surface area contributed by atoms with Gasteiger partial charge in [0.1, 0.15) is 5.82 Å². The highest BCUT2D eigenvalue weighted by atomic mass is 16.2. The van der Waals surface area contributed by atoms with Gasteiger partial charge in [-0.3, -0.25) is 14.5 Å². The molecule has 5 heteroatoms. The summed E-state index contributed by atoms with van der Waals surface area (Å²) in [5.74, 6) is -0.149. The lowest BCUT2D eigenvalue weighted by Gasteiger charge is -2.27. The molecule has 0 saturated heterocycles. The van der Waals surface area contributed by atoms with Crippen LogP contribution >= 0.6 is 0 Å². The topological polar surface area (TPSA) is 76.3 Å². The minimum Gasteiger partial charge on any atom is -0.383 e. The smallest absolute Gasteiger partial charge is 0.261 e. The number of amides is 2. The summed E-state index contributed by atoms with van der Waals surface area (Å²) in [5.41, 5.74) is 7.79. The van der Waals surface area contributed by atoms with Gasteiger partial charge in [0.15, 0.2) is 0 Å². The number of fused-ring (bicyclic) bond motifs is 1. The van der Waals surface area contributed by atoms with Gasteiger partial charge in [-0.25, -0.2) is 4.98 Å². The number of pyridine rings is 1. The number of aromatic nitrogens is 1. The van der Waals surface area contributed by atoms with Crippen molar-refractivity contribution in [3.8, 4) is 0 Å². The number of hydrogen-bond donors (Lipinski definition) is 1. The maximum Gasteiger partial charge on any atom is 0.261 e. The number of rotatable bonds is 2. The van der Waals surface area contributed by atoms with Crippen LogP contribution in [0.4, 0.5) is 5.82 Å². The number of carbonyl (C=O) groups is 2. The third kappa shape index (κ3) is 2.03. The fraction of sp³-hybridized carbons (Fsp3) is 0.133. The SMILES string of the molecule is Nc1ncccc1CN1C(=O)Cc2ccccc2C1=O. The molecule has 2 aromatic rings. The van der Waals surface area contributed by atoms with Gasteiger partial charge in [0.05, 0.1) is 13.0 Å². The molecular formula is C15H13N3O2. The minimum atomic E-state index is -0.278. The maximum atomic E-state index is 12.4. The van der Waals surface area contributed by atoms with E-state index in [1.807, 2.05) is 6.07 Å². The molecule has 0 unspecified atom stereocenters. The van der Waals surface area contributed by atoms with Crippen molar-refractivity contribution in [2.45, 2.75) is 13.0 Å². The van der Waals surface area contributed by atoms with Crippen LogP contribution in [0.1, 0.15) is 21.5 Å². The van der Waals surface area contributed by atoms with Gasteiger partial charge >= 0.3 is 0 Å². The molecule has 0 bridgehead atoms. The van der Waals surface area contributed by atoms with Crippen LogP contribution in [0.15, 0.2) is 42.6 Å². The number of imide groups is 1. The first kappa shape index (κ1) is 12.3. The van der Waals surface area contributed by atoms with Gasteiger partial charge in [-0.1, -0.05) is 24.3 Å². The van der Waals surface area contributed by atoms with Crippen molar-refractivity contribution < 1.29 is 9.59 Å². The number of nitrogen functional groups attached to an aromatic ring is 1. The monoisotopic (exact) mass is 267 g/mol. The fourth-order valence-corrected chi connectivity index (χ4v) is 2.31. The van der Waals surface area contributed by atoms with E-state index < -0.39 is 0 Å². The molecule has 3 rings (SSSR count). The number of nitrogens with zero attached hydrogens (tertiary/aromatic N) is 2. The highest BCUT2D eigenvalue weighted by Gasteiger charge is 2.30. The highest BCUT2D eigenvalue weighted by molar-refractivity contribution is 6.09. The Kier molecular flexibility index (Phi) is 2.95. The van der Waals surface area contributed by atoms with E-state index in [0.29, 0.717) is 16.9 Å². The van der Waals surface area contributed by atoms with Crippen LogP contribution in [-0.2, 0) is 17.8 Å². The molecule has 0 atom stereocenters. The minimum absolute atomic E-state index is 0.158. The Morgan fingerprint density at radius 3 is 2.75 bits per heavy atom. The van der Waals surface area contributed by atoms with Crippen molar-refractivity contribution in [1.82, 2.24) is 9.88 Å². The van der Waals surface area contributed by atoms with Crippen LogP contribution in [0.5, 0.6) is 0 Å². The van der Waals surface area contributed by atoms with E-state index in [2.05, 4.69) is 4.98 Å². The van der Waals surface area contributed by atoms with E-state index in [1.54, 1.807) is 36.5 Å². The quantitative estimate of drug-likeness (QED) is 0.834. The second-order valence-electron chi connectivity index (χ2n) is 4.67. The molecule has 100 valence electrons. The van der Waals surface area contributed by atoms with Gasteiger partial charge in [-0.2, -0.15) is 0 Å². The zero-order valence-electron chi connectivity index (χ0n) is 10.7.